The minimum absolute atomic E-state index is 0.394. The predicted octanol–water partition coefficient (Wildman–Crippen LogP) is 3.18. The van der Waals surface area contributed by atoms with Gasteiger partial charge in [0.15, 0.2) is 23.3 Å². The van der Waals surface area contributed by atoms with Crippen LogP contribution in [0, 0.1) is 29.1 Å². The van der Waals surface area contributed by atoms with Gasteiger partial charge in [-0.05, 0) is 12.1 Å². The molecular weight excluding hydrogens is 317 g/mol. The lowest BCUT2D eigenvalue weighted by Gasteiger charge is -2.11. The van der Waals surface area contributed by atoms with Gasteiger partial charge in [-0.1, -0.05) is 18.2 Å². The quantitative estimate of drug-likeness (QED) is 0.536. The molecule has 0 aliphatic heterocycles. The van der Waals surface area contributed by atoms with E-state index >= 15 is 0 Å². The fourth-order valence-electron chi connectivity index (χ4n) is 1.49. The predicted molar refractivity (Wildman–Crippen MR) is 63.5 cm³/mol. The van der Waals surface area contributed by atoms with Crippen molar-refractivity contribution in [3.63, 3.8) is 0 Å². The number of nitrogens with one attached hydrogen (secondary N) is 1. The first-order chi connectivity index (χ1) is 9.75. The number of anilines is 1. The Kier molecular flexibility index (Phi) is 3.86. The summed E-state index contributed by atoms with van der Waals surface area (Å²) in [4.78, 5) is -0.394. The largest absolute Gasteiger partial charge is 0.274 e. The number of hydrogen-bond acceptors (Lipinski definition) is 2. The van der Waals surface area contributed by atoms with Crippen molar-refractivity contribution < 1.29 is 30.4 Å². The summed E-state index contributed by atoms with van der Waals surface area (Å²) in [5.41, 5.74) is -1.63. The number of halogens is 5. The van der Waals surface area contributed by atoms with Crippen LogP contribution in [0.2, 0.25) is 0 Å². The second kappa shape index (κ2) is 5.32. The van der Waals surface area contributed by atoms with Gasteiger partial charge in [0, 0.05) is 0 Å². The van der Waals surface area contributed by atoms with E-state index < -0.39 is 49.7 Å². The lowest BCUT2D eigenvalue weighted by atomic mass is 10.2. The summed E-state index contributed by atoms with van der Waals surface area (Å²) in [7, 11) is -4.49. The lowest BCUT2D eigenvalue weighted by Crippen LogP contribution is -2.17. The van der Waals surface area contributed by atoms with E-state index in [4.69, 9.17) is 0 Å². The Bertz CT molecular complexity index is 764. The topological polar surface area (TPSA) is 46.2 Å². The van der Waals surface area contributed by atoms with E-state index in [1.807, 2.05) is 0 Å². The van der Waals surface area contributed by atoms with Crippen LogP contribution in [-0.4, -0.2) is 8.42 Å². The minimum Gasteiger partial charge on any atom is -0.274 e. The van der Waals surface area contributed by atoms with E-state index in [1.165, 1.54) is 22.9 Å². The monoisotopic (exact) mass is 323 g/mol. The Morgan fingerprint density at radius 1 is 0.714 bits per heavy atom. The Balaban J connectivity index is 2.55. The van der Waals surface area contributed by atoms with Gasteiger partial charge >= 0.3 is 0 Å². The summed E-state index contributed by atoms with van der Waals surface area (Å²) in [5.74, 6) is -11.4. The Morgan fingerprint density at radius 2 is 1.14 bits per heavy atom. The van der Waals surface area contributed by atoms with Crippen LogP contribution in [0.3, 0.4) is 0 Å². The highest BCUT2D eigenvalue weighted by Crippen LogP contribution is 2.28. The maximum Gasteiger partial charge on any atom is 0.262 e. The molecule has 0 fully saturated rings. The zero-order chi connectivity index (χ0) is 15.8. The molecular formula is C12H6F5NO2S. The Labute approximate surface area is 116 Å². The van der Waals surface area contributed by atoms with Crippen LogP contribution >= 0.6 is 0 Å². The molecule has 9 heteroatoms. The molecule has 0 spiro atoms. The van der Waals surface area contributed by atoms with Crippen molar-refractivity contribution in [3.8, 4) is 0 Å². The third kappa shape index (κ3) is 2.68. The molecule has 3 nitrogen and oxygen atoms in total. The number of sulfonamides is 1. The molecule has 0 aliphatic carbocycles. The SMILES string of the molecule is O=S(=O)(Nc1c(F)c(F)c(F)c(F)c1F)c1ccccc1. The summed E-state index contributed by atoms with van der Waals surface area (Å²) in [5, 5.41) is 0. The summed E-state index contributed by atoms with van der Waals surface area (Å²) in [6, 6.07) is 6.32. The van der Waals surface area contributed by atoms with E-state index in [1.54, 1.807) is 0 Å². The normalized spacial score (nSPS) is 11.5. The van der Waals surface area contributed by atoms with Crippen LogP contribution in [0.15, 0.2) is 35.2 Å². The molecule has 21 heavy (non-hydrogen) atoms. The molecule has 0 unspecified atom stereocenters. The van der Waals surface area contributed by atoms with Crippen LogP contribution < -0.4 is 4.72 Å². The summed E-state index contributed by atoms with van der Waals surface area (Å²) >= 11 is 0. The first kappa shape index (κ1) is 15.2. The van der Waals surface area contributed by atoms with E-state index in [-0.39, 0.29) is 0 Å². The Hall–Kier alpha value is -2.16. The van der Waals surface area contributed by atoms with E-state index in [0.29, 0.717) is 0 Å². The molecule has 0 saturated heterocycles. The fourth-order valence-corrected chi connectivity index (χ4v) is 2.57. The van der Waals surface area contributed by atoms with Crippen molar-refractivity contribution in [1.29, 1.82) is 0 Å². The third-order valence-corrected chi connectivity index (χ3v) is 3.87. The van der Waals surface area contributed by atoms with Crippen LogP contribution in [0.1, 0.15) is 0 Å². The van der Waals surface area contributed by atoms with E-state index in [2.05, 4.69) is 0 Å². The van der Waals surface area contributed by atoms with Crippen LogP contribution in [0.5, 0.6) is 0 Å². The van der Waals surface area contributed by atoms with Gasteiger partial charge in [0.05, 0.1) is 4.90 Å². The Morgan fingerprint density at radius 3 is 1.62 bits per heavy atom. The van der Waals surface area contributed by atoms with E-state index in [0.717, 1.165) is 12.1 Å². The molecule has 0 radical (unpaired) electrons. The molecule has 2 rings (SSSR count). The van der Waals surface area contributed by atoms with Crippen LogP contribution in [0.4, 0.5) is 27.6 Å². The van der Waals surface area contributed by atoms with Gasteiger partial charge in [-0.15, -0.1) is 0 Å². The van der Waals surface area contributed by atoms with Gasteiger partial charge < -0.3 is 0 Å². The minimum atomic E-state index is -4.49. The van der Waals surface area contributed by atoms with Crippen molar-refractivity contribution >= 4 is 15.7 Å². The molecule has 0 amide bonds. The standard InChI is InChI=1S/C12H6F5NO2S/c13-7-8(14)10(16)12(11(17)9(7)15)18-21(19,20)6-4-2-1-3-5-6/h1-5,18H. The van der Waals surface area contributed by atoms with Gasteiger partial charge in [0.25, 0.3) is 10.0 Å². The van der Waals surface area contributed by atoms with Crippen molar-refractivity contribution in [2.75, 3.05) is 4.72 Å². The van der Waals surface area contributed by atoms with Crippen molar-refractivity contribution in [1.82, 2.24) is 0 Å². The first-order valence-corrected chi connectivity index (χ1v) is 6.83. The highest BCUT2D eigenvalue weighted by atomic mass is 32.2. The zero-order valence-corrected chi connectivity index (χ0v) is 10.8. The van der Waals surface area contributed by atoms with Gasteiger partial charge in [-0.25, -0.2) is 30.4 Å². The van der Waals surface area contributed by atoms with Crippen molar-refractivity contribution in [3.05, 3.63) is 59.4 Å². The molecule has 0 heterocycles. The van der Waals surface area contributed by atoms with Crippen LogP contribution in [-0.2, 0) is 10.0 Å². The smallest absolute Gasteiger partial charge is 0.262 e. The van der Waals surface area contributed by atoms with Crippen molar-refractivity contribution in [2.45, 2.75) is 4.90 Å². The zero-order valence-electron chi connectivity index (χ0n) is 10.0. The van der Waals surface area contributed by atoms with Gasteiger partial charge in [0.2, 0.25) is 5.82 Å². The van der Waals surface area contributed by atoms with Crippen molar-refractivity contribution in [2.24, 2.45) is 0 Å². The third-order valence-electron chi connectivity index (χ3n) is 2.50. The summed E-state index contributed by atoms with van der Waals surface area (Å²) < 4.78 is 90.6. The average molecular weight is 323 g/mol. The molecule has 2 aromatic carbocycles. The number of rotatable bonds is 3. The molecule has 0 atom stereocenters. The highest BCUT2D eigenvalue weighted by molar-refractivity contribution is 7.92. The summed E-state index contributed by atoms with van der Waals surface area (Å²) in [6.45, 7) is 0. The fraction of sp³-hybridized carbons (Fsp3) is 0. The van der Waals surface area contributed by atoms with E-state index in [9.17, 15) is 30.4 Å². The van der Waals surface area contributed by atoms with Gasteiger partial charge in [-0.3, -0.25) is 4.72 Å². The molecule has 0 aromatic heterocycles. The maximum atomic E-state index is 13.4. The molecule has 112 valence electrons. The number of benzene rings is 2. The molecule has 0 bridgehead atoms. The first-order valence-electron chi connectivity index (χ1n) is 5.35. The highest BCUT2D eigenvalue weighted by Gasteiger charge is 2.28. The lowest BCUT2D eigenvalue weighted by molar-refractivity contribution is 0.382. The molecule has 0 saturated carbocycles. The maximum absolute atomic E-state index is 13.4. The molecule has 0 aliphatic rings. The van der Waals surface area contributed by atoms with Gasteiger partial charge in [-0.2, -0.15) is 0 Å². The second-order valence-electron chi connectivity index (χ2n) is 3.86. The van der Waals surface area contributed by atoms with Crippen LogP contribution in [0.25, 0.3) is 0 Å². The molecule has 1 N–H and O–H groups in total. The second-order valence-corrected chi connectivity index (χ2v) is 5.55. The average Bonchev–Trinajstić information content (AvgIpc) is 2.48. The molecule has 2 aromatic rings. The summed E-state index contributed by atoms with van der Waals surface area (Å²) in [6.07, 6.45) is 0. The van der Waals surface area contributed by atoms with Gasteiger partial charge in [0.1, 0.15) is 5.69 Å². The number of hydrogen-bond donors (Lipinski definition) is 1.